The van der Waals surface area contributed by atoms with E-state index in [0.29, 0.717) is 18.4 Å². The Labute approximate surface area is 150 Å². The van der Waals surface area contributed by atoms with Gasteiger partial charge in [0.1, 0.15) is 0 Å². The first-order valence-corrected chi connectivity index (χ1v) is 8.79. The quantitative estimate of drug-likeness (QED) is 0.535. The van der Waals surface area contributed by atoms with Gasteiger partial charge in [-0.1, -0.05) is 37.3 Å². The van der Waals surface area contributed by atoms with Crippen LogP contribution in [0, 0.1) is 0 Å². The van der Waals surface area contributed by atoms with Crippen molar-refractivity contribution in [2.24, 2.45) is 4.99 Å². The maximum atomic E-state index is 10.3. The molecule has 1 aromatic carbocycles. The van der Waals surface area contributed by atoms with E-state index in [1.54, 1.807) is 24.5 Å². The molecule has 1 heterocycles. The molecule has 1 aromatic heterocycles. The molecule has 134 valence electrons. The molecule has 0 amide bonds. The van der Waals surface area contributed by atoms with Gasteiger partial charge >= 0.3 is 0 Å². The molecule has 0 aliphatic carbocycles. The maximum Gasteiger partial charge on any atom is 0.191 e. The van der Waals surface area contributed by atoms with Crippen molar-refractivity contribution in [3.05, 3.63) is 66.0 Å². The van der Waals surface area contributed by atoms with Crippen molar-refractivity contribution >= 4 is 5.96 Å². The van der Waals surface area contributed by atoms with Gasteiger partial charge in [-0.3, -0.25) is 9.98 Å². The fourth-order valence-electron chi connectivity index (χ4n) is 2.57. The van der Waals surface area contributed by atoms with Crippen molar-refractivity contribution in [2.45, 2.75) is 38.8 Å². The van der Waals surface area contributed by atoms with E-state index < -0.39 is 6.10 Å². The second kappa shape index (κ2) is 9.79. The molecule has 0 saturated heterocycles. The molecule has 2 rings (SSSR count). The smallest absolute Gasteiger partial charge is 0.191 e. The van der Waals surface area contributed by atoms with Gasteiger partial charge in [0.25, 0.3) is 0 Å². The second-order valence-corrected chi connectivity index (χ2v) is 6.15. The Balaban J connectivity index is 1.99. The average Bonchev–Trinajstić information content (AvgIpc) is 2.66. The number of rotatable bonds is 7. The summed E-state index contributed by atoms with van der Waals surface area (Å²) >= 11 is 0. The van der Waals surface area contributed by atoms with Crippen molar-refractivity contribution in [3.63, 3.8) is 0 Å². The van der Waals surface area contributed by atoms with Crippen LogP contribution in [0.4, 0.5) is 0 Å². The summed E-state index contributed by atoms with van der Waals surface area (Å²) in [5.74, 6) is 1.06. The van der Waals surface area contributed by atoms with Crippen LogP contribution in [0.5, 0.6) is 0 Å². The van der Waals surface area contributed by atoms with Gasteiger partial charge in [-0.2, -0.15) is 0 Å². The molecular weight excluding hydrogens is 312 g/mol. The molecule has 3 atom stereocenters. The molecule has 0 bridgehead atoms. The average molecular weight is 340 g/mol. The zero-order chi connectivity index (χ0) is 18.1. The number of benzene rings is 1. The van der Waals surface area contributed by atoms with E-state index in [4.69, 9.17) is 0 Å². The summed E-state index contributed by atoms with van der Waals surface area (Å²) in [5.41, 5.74) is 2.11. The summed E-state index contributed by atoms with van der Waals surface area (Å²) in [4.78, 5) is 8.50. The Morgan fingerprint density at radius 3 is 2.40 bits per heavy atom. The fraction of sp³-hybridized carbons (Fsp3) is 0.400. The van der Waals surface area contributed by atoms with E-state index >= 15 is 0 Å². The molecule has 5 nitrogen and oxygen atoms in total. The Kier molecular flexibility index (Phi) is 7.41. The van der Waals surface area contributed by atoms with Gasteiger partial charge in [0.15, 0.2) is 5.96 Å². The van der Waals surface area contributed by atoms with Crippen molar-refractivity contribution in [1.82, 2.24) is 15.6 Å². The van der Waals surface area contributed by atoms with E-state index in [1.807, 2.05) is 13.0 Å². The highest BCUT2D eigenvalue weighted by molar-refractivity contribution is 5.80. The summed E-state index contributed by atoms with van der Waals surface area (Å²) < 4.78 is 0. The molecule has 0 spiro atoms. The SMILES string of the molecule is CCNC(=NCC(O)c1ccncc1)NC(C)C(C)c1ccccc1. The molecule has 0 aliphatic rings. The fourth-order valence-corrected chi connectivity index (χ4v) is 2.57. The van der Waals surface area contributed by atoms with Crippen LogP contribution in [0.1, 0.15) is 43.9 Å². The van der Waals surface area contributed by atoms with Gasteiger partial charge < -0.3 is 15.7 Å². The second-order valence-electron chi connectivity index (χ2n) is 6.15. The summed E-state index contributed by atoms with van der Waals surface area (Å²) in [6, 6.07) is 14.2. The van der Waals surface area contributed by atoms with Crippen LogP contribution in [0.15, 0.2) is 59.9 Å². The zero-order valence-electron chi connectivity index (χ0n) is 15.2. The van der Waals surface area contributed by atoms with Crippen molar-refractivity contribution in [1.29, 1.82) is 0 Å². The van der Waals surface area contributed by atoms with Crippen molar-refractivity contribution in [3.8, 4) is 0 Å². The van der Waals surface area contributed by atoms with Gasteiger partial charge in [-0.05, 0) is 37.1 Å². The van der Waals surface area contributed by atoms with E-state index in [9.17, 15) is 5.11 Å². The first-order valence-electron chi connectivity index (χ1n) is 8.79. The number of nitrogens with zero attached hydrogens (tertiary/aromatic N) is 2. The van der Waals surface area contributed by atoms with E-state index in [1.165, 1.54) is 5.56 Å². The lowest BCUT2D eigenvalue weighted by Gasteiger charge is -2.24. The van der Waals surface area contributed by atoms with Crippen LogP contribution < -0.4 is 10.6 Å². The number of hydrogen-bond acceptors (Lipinski definition) is 3. The molecule has 3 unspecified atom stereocenters. The van der Waals surface area contributed by atoms with Crippen LogP contribution in [0.3, 0.4) is 0 Å². The van der Waals surface area contributed by atoms with E-state index in [2.05, 4.69) is 58.7 Å². The van der Waals surface area contributed by atoms with Gasteiger partial charge in [-0.25, -0.2) is 0 Å². The van der Waals surface area contributed by atoms with Crippen molar-refractivity contribution < 1.29 is 5.11 Å². The number of aliphatic hydroxyl groups excluding tert-OH is 1. The van der Waals surface area contributed by atoms with Gasteiger partial charge in [0.05, 0.1) is 12.6 Å². The number of pyridine rings is 1. The van der Waals surface area contributed by atoms with Gasteiger partial charge in [-0.15, -0.1) is 0 Å². The third-order valence-electron chi connectivity index (χ3n) is 4.30. The summed E-state index contributed by atoms with van der Waals surface area (Å²) in [6.45, 7) is 7.43. The van der Waals surface area contributed by atoms with Crippen LogP contribution in [-0.2, 0) is 0 Å². The lowest BCUT2D eigenvalue weighted by molar-refractivity contribution is 0.187. The minimum atomic E-state index is -0.639. The first kappa shape index (κ1) is 18.9. The van der Waals surface area contributed by atoms with E-state index in [0.717, 1.165) is 12.1 Å². The van der Waals surface area contributed by atoms with Crippen LogP contribution in [-0.4, -0.2) is 35.2 Å². The predicted octanol–water partition coefficient (Wildman–Crippen LogP) is 2.86. The van der Waals surface area contributed by atoms with Crippen LogP contribution >= 0.6 is 0 Å². The zero-order valence-corrected chi connectivity index (χ0v) is 15.2. The summed E-state index contributed by atoms with van der Waals surface area (Å²) in [5, 5.41) is 16.9. The lowest BCUT2D eigenvalue weighted by atomic mass is 9.94. The third-order valence-corrected chi connectivity index (χ3v) is 4.30. The molecular formula is C20H28N4O. The highest BCUT2D eigenvalue weighted by Crippen LogP contribution is 2.18. The molecule has 0 fully saturated rings. The van der Waals surface area contributed by atoms with Gasteiger partial charge in [0, 0.05) is 30.9 Å². The molecule has 0 aliphatic heterocycles. The Bertz CT molecular complexity index is 645. The molecule has 2 aromatic rings. The number of aliphatic hydroxyl groups is 1. The maximum absolute atomic E-state index is 10.3. The highest BCUT2D eigenvalue weighted by atomic mass is 16.3. The number of hydrogen-bond donors (Lipinski definition) is 3. The minimum Gasteiger partial charge on any atom is -0.386 e. The lowest BCUT2D eigenvalue weighted by Crippen LogP contribution is -2.44. The van der Waals surface area contributed by atoms with Gasteiger partial charge in [0.2, 0.25) is 0 Å². The largest absolute Gasteiger partial charge is 0.386 e. The Hall–Kier alpha value is -2.40. The Morgan fingerprint density at radius 2 is 1.76 bits per heavy atom. The molecule has 0 radical (unpaired) electrons. The number of nitrogens with one attached hydrogen (secondary N) is 2. The normalized spacial score (nSPS) is 15.3. The standard InChI is InChI=1S/C20H28N4O/c1-4-22-20(23-14-19(25)18-10-12-21-13-11-18)24-16(3)15(2)17-8-6-5-7-9-17/h5-13,15-16,19,25H,4,14H2,1-3H3,(H2,22,23,24). The number of aliphatic imine (C=N–C) groups is 1. The highest BCUT2D eigenvalue weighted by Gasteiger charge is 2.15. The topological polar surface area (TPSA) is 69.5 Å². The first-order chi connectivity index (χ1) is 12.1. The van der Waals surface area contributed by atoms with Crippen molar-refractivity contribution in [2.75, 3.05) is 13.1 Å². The number of aromatic nitrogens is 1. The number of guanidine groups is 1. The molecule has 0 saturated carbocycles. The molecule has 25 heavy (non-hydrogen) atoms. The molecule has 3 N–H and O–H groups in total. The van der Waals surface area contributed by atoms with Crippen LogP contribution in [0.25, 0.3) is 0 Å². The van der Waals surface area contributed by atoms with Crippen LogP contribution in [0.2, 0.25) is 0 Å². The monoisotopic (exact) mass is 340 g/mol. The summed E-state index contributed by atoms with van der Waals surface area (Å²) in [7, 11) is 0. The summed E-state index contributed by atoms with van der Waals surface area (Å²) in [6.07, 6.45) is 2.71. The minimum absolute atomic E-state index is 0.207. The third kappa shape index (κ3) is 5.87. The Morgan fingerprint density at radius 1 is 1.08 bits per heavy atom. The van der Waals surface area contributed by atoms with E-state index in [-0.39, 0.29) is 6.04 Å². The molecule has 5 heteroatoms. The predicted molar refractivity (Wildman–Crippen MR) is 103 cm³/mol.